The summed E-state index contributed by atoms with van der Waals surface area (Å²) in [5.74, 6) is -0.474. The van der Waals surface area contributed by atoms with Crippen molar-refractivity contribution in [2.75, 3.05) is 17.7 Å². The number of benzene rings is 2. The van der Waals surface area contributed by atoms with Gasteiger partial charge in [-0.2, -0.15) is 17.9 Å². The lowest BCUT2D eigenvalue weighted by Gasteiger charge is -2.27. The van der Waals surface area contributed by atoms with Gasteiger partial charge in [-0.15, -0.1) is 0 Å². The fourth-order valence-electron chi connectivity index (χ4n) is 2.53. The van der Waals surface area contributed by atoms with Crippen molar-refractivity contribution in [3.63, 3.8) is 0 Å². The van der Waals surface area contributed by atoms with Gasteiger partial charge in [0.25, 0.3) is 5.91 Å². The van der Waals surface area contributed by atoms with E-state index in [2.05, 4.69) is 15.4 Å². The normalized spacial score (nSPS) is 18.0. The number of anilines is 2. The quantitative estimate of drug-likeness (QED) is 0.688. The number of methoxy groups -OCH3 is 1. The highest BCUT2D eigenvalue weighted by molar-refractivity contribution is 7.89. The van der Waals surface area contributed by atoms with Crippen molar-refractivity contribution in [2.24, 2.45) is 0 Å². The molecule has 1 unspecified atom stereocenters. The van der Waals surface area contributed by atoms with Gasteiger partial charge < -0.3 is 15.4 Å². The fraction of sp³-hybridized carbons (Fsp3) is 0.188. The predicted octanol–water partition coefficient (Wildman–Crippen LogP) is 3.04. The molecular weight excluding hydrogens is 423 g/mol. The molecule has 1 atom stereocenters. The Morgan fingerprint density at radius 2 is 1.93 bits per heavy atom. The number of alkyl halides is 3. The molecule has 0 saturated carbocycles. The van der Waals surface area contributed by atoms with Crippen molar-refractivity contribution in [3.8, 4) is 5.75 Å². The number of carbonyl (C=O) groups excluding carboxylic acids is 1. The molecule has 0 radical (unpaired) electrons. The molecule has 0 fully saturated rings. The van der Waals surface area contributed by atoms with Crippen molar-refractivity contribution in [1.29, 1.82) is 0 Å². The van der Waals surface area contributed by atoms with Crippen LogP contribution in [0.15, 0.2) is 41.3 Å². The number of fused-ring (bicyclic) bond motifs is 1. The molecule has 0 aromatic heterocycles. The predicted molar refractivity (Wildman–Crippen MR) is 95.8 cm³/mol. The minimum absolute atomic E-state index is 0.206. The molecule has 1 heterocycles. The lowest BCUT2D eigenvalue weighted by atomic mass is 10.2. The van der Waals surface area contributed by atoms with E-state index in [0.717, 1.165) is 6.07 Å². The molecule has 3 N–H and O–H groups in total. The van der Waals surface area contributed by atoms with Crippen molar-refractivity contribution < 1.29 is 31.1 Å². The second-order valence-corrected chi connectivity index (χ2v) is 7.84. The first-order valence-corrected chi connectivity index (χ1v) is 9.52. The van der Waals surface area contributed by atoms with Crippen LogP contribution in [0.1, 0.15) is 5.56 Å². The lowest BCUT2D eigenvalue weighted by Crippen LogP contribution is -2.51. The molecule has 1 aliphatic heterocycles. The second-order valence-electron chi connectivity index (χ2n) is 5.75. The Kier molecular flexibility index (Phi) is 5.17. The molecule has 2 aromatic rings. The van der Waals surface area contributed by atoms with Gasteiger partial charge in [0.1, 0.15) is 10.6 Å². The van der Waals surface area contributed by atoms with Crippen molar-refractivity contribution in [2.45, 2.75) is 17.2 Å². The number of ether oxygens (including phenoxy) is 1. The summed E-state index contributed by atoms with van der Waals surface area (Å²) in [6, 6.07) is 6.45. The zero-order valence-corrected chi connectivity index (χ0v) is 15.7. The summed E-state index contributed by atoms with van der Waals surface area (Å²) in [6.07, 6.45) is -6.19. The van der Waals surface area contributed by atoms with Gasteiger partial charge in [0.05, 0.1) is 23.4 Å². The zero-order chi connectivity index (χ0) is 20.7. The number of carbonyl (C=O) groups is 1. The average molecular weight is 436 g/mol. The molecule has 12 heteroatoms. The molecule has 0 saturated heterocycles. The highest BCUT2D eigenvalue weighted by atomic mass is 35.5. The lowest BCUT2D eigenvalue weighted by molar-refractivity contribution is -0.137. The molecule has 7 nitrogen and oxygen atoms in total. The van der Waals surface area contributed by atoms with Crippen LogP contribution in [0.3, 0.4) is 0 Å². The molecule has 150 valence electrons. The van der Waals surface area contributed by atoms with Gasteiger partial charge in [0, 0.05) is 5.69 Å². The SMILES string of the molecule is COc1ccc(NC(=O)C2Nc3cc(C(F)(F)F)ccc3S(=O)(=O)N2)cc1Cl. The minimum atomic E-state index is -4.66. The minimum Gasteiger partial charge on any atom is -0.495 e. The van der Waals surface area contributed by atoms with E-state index >= 15 is 0 Å². The number of rotatable bonds is 3. The maximum Gasteiger partial charge on any atom is 0.416 e. The summed E-state index contributed by atoms with van der Waals surface area (Å²) in [7, 11) is -2.79. The smallest absolute Gasteiger partial charge is 0.416 e. The number of hydrogen-bond acceptors (Lipinski definition) is 5. The largest absolute Gasteiger partial charge is 0.495 e. The standard InChI is InChI=1S/C16H13ClF3N3O4S/c1-27-12-4-3-9(7-10(12)17)21-15(24)14-22-11-6-8(16(18,19)20)2-5-13(11)28(25,26)23-14/h2-7,14,22-23H,1H3,(H,21,24). The van der Waals surface area contributed by atoms with Crippen LogP contribution in [0.5, 0.6) is 5.75 Å². The monoisotopic (exact) mass is 435 g/mol. The molecule has 0 aliphatic carbocycles. The van der Waals surface area contributed by atoms with Gasteiger partial charge in [0.2, 0.25) is 10.0 Å². The highest BCUT2D eigenvalue weighted by Gasteiger charge is 2.37. The Labute approximate surface area is 162 Å². The topological polar surface area (TPSA) is 96.5 Å². The number of hydrogen-bond donors (Lipinski definition) is 3. The van der Waals surface area contributed by atoms with Gasteiger partial charge >= 0.3 is 6.18 Å². The van der Waals surface area contributed by atoms with E-state index in [1.165, 1.54) is 25.3 Å². The third-order valence-corrected chi connectivity index (χ3v) is 5.63. The van der Waals surface area contributed by atoms with Crippen LogP contribution in [0.25, 0.3) is 0 Å². The molecule has 1 amide bonds. The third-order valence-electron chi connectivity index (χ3n) is 3.85. The third kappa shape index (κ3) is 4.01. The summed E-state index contributed by atoms with van der Waals surface area (Å²) in [4.78, 5) is 12.0. The Hall–Kier alpha value is -2.50. The van der Waals surface area contributed by atoms with Crippen LogP contribution in [0.4, 0.5) is 24.5 Å². The number of halogens is 4. The van der Waals surface area contributed by atoms with Gasteiger partial charge in [-0.25, -0.2) is 8.42 Å². The van der Waals surface area contributed by atoms with E-state index < -0.39 is 38.7 Å². The van der Waals surface area contributed by atoms with E-state index in [4.69, 9.17) is 16.3 Å². The van der Waals surface area contributed by atoms with E-state index in [1.54, 1.807) is 0 Å². The number of nitrogens with one attached hydrogen (secondary N) is 3. The summed E-state index contributed by atoms with van der Waals surface area (Å²) in [6.45, 7) is 0. The molecule has 2 aromatic carbocycles. The fourth-order valence-corrected chi connectivity index (χ4v) is 4.05. The number of sulfonamides is 1. The Morgan fingerprint density at radius 1 is 1.21 bits per heavy atom. The van der Waals surface area contributed by atoms with Crippen LogP contribution >= 0.6 is 11.6 Å². The van der Waals surface area contributed by atoms with E-state index in [1.807, 2.05) is 0 Å². The summed E-state index contributed by atoms with van der Waals surface area (Å²) < 4.78 is 70.3. The average Bonchev–Trinajstić information content (AvgIpc) is 2.60. The highest BCUT2D eigenvalue weighted by Crippen LogP contribution is 2.35. The van der Waals surface area contributed by atoms with Crippen LogP contribution in [0, 0.1) is 0 Å². The van der Waals surface area contributed by atoms with E-state index in [0.29, 0.717) is 17.9 Å². The summed E-state index contributed by atoms with van der Waals surface area (Å²) >= 11 is 5.96. The van der Waals surface area contributed by atoms with Crippen LogP contribution < -0.4 is 20.1 Å². The molecule has 0 bridgehead atoms. The molecular formula is C16H13ClF3N3O4S. The molecule has 0 spiro atoms. The van der Waals surface area contributed by atoms with Crippen LogP contribution in [-0.2, 0) is 21.0 Å². The maximum absolute atomic E-state index is 12.9. The molecule has 3 rings (SSSR count). The first kappa shape index (κ1) is 20.2. The zero-order valence-electron chi connectivity index (χ0n) is 14.1. The van der Waals surface area contributed by atoms with Gasteiger partial charge in [-0.05, 0) is 36.4 Å². The molecule has 1 aliphatic rings. The molecule has 28 heavy (non-hydrogen) atoms. The summed E-state index contributed by atoms with van der Waals surface area (Å²) in [5, 5.41) is 5.10. The van der Waals surface area contributed by atoms with Gasteiger partial charge in [0.15, 0.2) is 6.17 Å². The van der Waals surface area contributed by atoms with E-state index in [9.17, 15) is 26.4 Å². The van der Waals surface area contributed by atoms with Crippen molar-refractivity contribution in [3.05, 3.63) is 47.0 Å². The second kappa shape index (κ2) is 7.15. The van der Waals surface area contributed by atoms with Gasteiger partial charge in [-0.3, -0.25) is 4.79 Å². The van der Waals surface area contributed by atoms with Crippen molar-refractivity contribution >= 4 is 38.9 Å². The summed E-state index contributed by atoms with van der Waals surface area (Å²) in [5.41, 5.74) is -1.13. The van der Waals surface area contributed by atoms with Crippen LogP contribution in [0.2, 0.25) is 5.02 Å². The van der Waals surface area contributed by atoms with Crippen LogP contribution in [-0.4, -0.2) is 27.6 Å². The van der Waals surface area contributed by atoms with Gasteiger partial charge in [-0.1, -0.05) is 11.6 Å². The first-order valence-electron chi connectivity index (χ1n) is 7.66. The maximum atomic E-state index is 12.9. The Bertz CT molecular complexity index is 1040. The van der Waals surface area contributed by atoms with Crippen molar-refractivity contribution in [1.82, 2.24) is 4.72 Å². The first-order chi connectivity index (χ1) is 13.0. The number of amides is 1. The van der Waals surface area contributed by atoms with E-state index in [-0.39, 0.29) is 16.4 Å². The Balaban J connectivity index is 1.86. The Morgan fingerprint density at radius 3 is 2.54 bits per heavy atom.